The molecular formula is C18H14ClFN4O4. The molecule has 1 N–H and O–H groups in total. The summed E-state index contributed by atoms with van der Waals surface area (Å²) in [5, 5.41) is 6.98. The van der Waals surface area contributed by atoms with Gasteiger partial charge in [-0.2, -0.15) is 5.10 Å². The van der Waals surface area contributed by atoms with E-state index in [0.717, 1.165) is 0 Å². The quantitative estimate of drug-likeness (QED) is 0.608. The Bertz CT molecular complexity index is 981. The zero-order chi connectivity index (χ0) is 19.9. The first-order valence-electron chi connectivity index (χ1n) is 8.00. The summed E-state index contributed by atoms with van der Waals surface area (Å²) in [6.07, 6.45) is 2.80. The number of aromatic nitrogens is 3. The third-order valence-corrected chi connectivity index (χ3v) is 3.68. The molecule has 1 heterocycles. The Hall–Kier alpha value is -3.46. The molecule has 0 saturated carbocycles. The Balaban J connectivity index is 1.54. The average Bonchev–Trinajstić information content (AvgIpc) is 3.20. The molecule has 3 aromatic rings. The first-order chi connectivity index (χ1) is 13.5. The van der Waals surface area contributed by atoms with Crippen molar-refractivity contribution in [1.82, 2.24) is 14.8 Å². The molecular weight excluding hydrogens is 391 g/mol. The lowest BCUT2D eigenvalue weighted by molar-refractivity contribution is -0.149. The largest absolute Gasteiger partial charge is 0.479 e. The van der Waals surface area contributed by atoms with Gasteiger partial charge in [0.15, 0.2) is 24.8 Å². The molecule has 1 aromatic heterocycles. The summed E-state index contributed by atoms with van der Waals surface area (Å²) in [6.45, 7) is -1.08. The number of carbonyl (C=O) groups is 2. The van der Waals surface area contributed by atoms with Gasteiger partial charge in [0.05, 0.1) is 11.4 Å². The van der Waals surface area contributed by atoms with Crippen LogP contribution in [0.15, 0.2) is 55.1 Å². The number of hydrogen-bond acceptors (Lipinski definition) is 6. The molecule has 0 aliphatic heterocycles. The van der Waals surface area contributed by atoms with Gasteiger partial charge in [-0.25, -0.2) is 18.9 Å². The van der Waals surface area contributed by atoms with Crippen LogP contribution in [0.4, 0.5) is 10.1 Å². The van der Waals surface area contributed by atoms with Crippen molar-refractivity contribution in [3.63, 3.8) is 0 Å². The molecule has 0 aliphatic carbocycles. The molecule has 3 rings (SSSR count). The highest BCUT2D eigenvalue weighted by molar-refractivity contribution is 6.31. The van der Waals surface area contributed by atoms with Crippen LogP contribution in [0.3, 0.4) is 0 Å². The number of nitrogens with zero attached hydrogens (tertiary/aromatic N) is 3. The third kappa shape index (κ3) is 5.04. The van der Waals surface area contributed by atoms with Gasteiger partial charge in [0.2, 0.25) is 0 Å². The highest BCUT2D eigenvalue weighted by atomic mass is 35.5. The molecule has 10 heteroatoms. The molecule has 0 fully saturated rings. The predicted molar refractivity (Wildman–Crippen MR) is 97.9 cm³/mol. The number of carbonyl (C=O) groups excluding carboxylic acids is 2. The topological polar surface area (TPSA) is 95.3 Å². The van der Waals surface area contributed by atoms with E-state index >= 15 is 0 Å². The summed E-state index contributed by atoms with van der Waals surface area (Å²) in [5.74, 6) is -2.10. The maximum Gasteiger partial charge on any atom is 0.344 e. The predicted octanol–water partition coefficient (Wildman–Crippen LogP) is 2.62. The lowest BCUT2D eigenvalue weighted by Gasteiger charge is -2.12. The van der Waals surface area contributed by atoms with E-state index in [9.17, 15) is 14.0 Å². The Morgan fingerprint density at radius 2 is 2.00 bits per heavy atom. The molecule has 144 valence electrons. The molecule has 1 amide bonds. The Morgan fingerprint density at radius 1 is 1.18 bits per heavy atom. The van der Waals surface area contributed by atoms with E-state index in [1.807, 2.05) is 0 Å². The summed E-state index contributed by atoms with van der Waals surface area (Å²) in [5.41, 5.74) is 0.895. The number of nitrogens with one attached hydrogen (secondary N) is 1. The van der Waals surface area contributed by atoms with Crippen LogP contribution in [0.2, 0.25) is 5.02 Å². The lowest BCUT2D eigenvalue weighted by atomic mass is 10.2. The molecule has 0 bridgehead atoms. The van der Waals surface area contributed by atoms with E-state index in [-0.39, 0.29) is 5.75 Å². The van der Waals surface area contributed by atoms with Gasteiger partial charge in [0.1, 0.15) is 12.7 Å². The van der Waals surface area contributed by atoms with Crippen molar-refractivity contribution in [2.75, 3.05) is 18.5 Å². The van der Waals surface area contributed by atoms with Crippen LogP contribution in [0.5, 0.6) is 5.75 Å². The van der Waals surface area contributed by atoms with E-state index in [0.29, 0.717) is 16.4 Å². The van der Waals surface area contributed by atoms with Crippen LogP contribution in [0.25, 0.3) is 5.69 Å². The van der Waals surface area contributed by atoms with Gasteiger partial charge in [-0.1, -0.05) is 23.7 Å². The van der Waals surface area contributed by atoms with Crippen LogP contribution in [0, 0.1) is 5.82 Å². The number of hydrogen-bond donors (Lipinski definition) is 1. The molecule has 28 heavy (non-hydrogen) atoms. The number of rotatable bonds is 7. The Kier molecular flexibility index (Phi) is 6.18. The number of para-hydroxylation sites is 1. The minimum Gasteiger partial charge on any atom is -0.479 e. The van der Waals surface area contributed by atoms with Crippen molar-refractivity contribution < 1.29 is 23.5 Å². The van der Waals surface area contributed by atoms with Gasteiger partial charge in [-0.15, -0.1) is 0 Å². The summed E-state index contributed by atoms with van der Waals surface area (Å²) >= 11 is 5.97. The van der Waals surface area contributed by atoms with Crippen molar-refractivity contribution in [1.29, 1.82) is 0 Å². The number of halogens is 2. The number of benzene rings is 2. The summed E-state index contributed by atoms with van der Waals surface area (Å²) < 4.78 is 24.7. The minimum atomic E-state index is -0.819. The van der Waals surface area contributed by atoms with Gasteiger partial charge >= 0.3 is 5.97 Å². The van der Waals surface area contributed by atoms with Crippen LogP contribution < -0.4 is 10.1 Å². The van der Waals surface area contributed by atoms with E-state index in [1.54, 1.807) is 18.2 Å². The highest BCUT2D eigenvalue weighted by Crippen LogP contribution is 2.23. The summed E-state index contributed by atoms with van der Waals surface area (Å²) in [7, 11) is 0. The average molecular weight is 405 g/mol. The molecule has 0 saturated heterocycles. The molecule has 0 radical (unpaired) electrons. The van der Waals surface area contributed by atoms with Crippen molar-refractivity contribution in [3.05, 3.63) is 66.0 Å². The summed E-state index contributed by atoms with van der Waals surface area (Å²) in [4.78, 5) is 27.6. The number of esters is 1. The zero-order valence-corrected chi connectivity index (χ0v) is 15.1. The molecule has 2 aromatic carbocycles. The fourth-order valence-electron chi connectivity index (χ4n) is 2.21. The minimum absolute atomic E-state index is 0.0831. The van der Waals surface area contributed by atoms with Crippen molar-refractivity contribution in [3.8, 4) is 11.4 Å². The molecule has 0 spiro atoms. The molecule has 0 atom stereocenters. The van der Waals surface area contributed by atoms with Crippen LogP contribution in [-0.4, -0.2) is 39.9 Å². The van der Waals surface area contributed by atoms with Crippen LogP contribution in [0.1, 0.15) is 0 Å². The van der Waals surface area contributed by atoms with Gasteiger partial charge in [-0.05, 0) is 30.3 Å². The SMILES string of the molecule is O=C(COC(=O)COc1ccccc1F)Nc1cc(Cl)ccc1-n1cncn1. The first-order valence-corrected chi connectivity index (χ1v) is 8.38. The molecule has 8 nitrogen and oxygen atoms in total. The van der Waals surface area contributed by atoms with Gasteiger partial charge in [0, 0.05) is 5.02 Å². The molecule has 0 aliphatic rings. The summed E-state index contributed by atoms with van der Waals surface area (Å²) in [6, 6.07) is 10.4. The fraction of sp³-hybridized carbons (Fsp3) is 0.111. The van der Waals surface area contributed by atoms with Crippen LogP contribution >= 0.6 is 11.6 Å². The standard InChI is InChI=1S/C18H14ClFN4O4/c19-12-5-6-15(24-11-21-10-22-24)14(7-12)23-17(25)8-28-18(26)9-27-16-4-2-1-3-13(16)20/h1-7,10-11H,8-9H2,(H,23,25). The van der Waals surface area contributed by atoms with Gasteiger partial charge < -0.3 is 14.8 Å². The fourth-order valence-corrected chi connectivity index (χ4v) is 2.39. The highest BCUT2D eigenvalue weighted by Gasteiger charge is 2.13. The second-order valence-corrected chi connectivity index (χ2v) is 5.87. The Labute approximate surface area is 163 Å². The third-order valence-electron chi connectivity index (χ3n) is 3.44. The monoisotopic (exact) mass is 404 g/mol. The van der Waals surface area contributed by atoms with E-state index in [4.69, 9.17) is 21.1 Å². The van der Waals surface area contributed by atoms with E-state index < -0.39 is 30.9 Å². The van der Waals surface area contributed by atoms with Crippen molar-refractivity contribution in [2.45, 2.75) is 0 Å². The maximum absolute atomic E-state index is 13.4. The van der Waals surface area contributed by atoms with E-state index in [2.05, 4.69) is 15.4 Å². The van der Waals surface area contributed by atoms with Crippen molar-refractivity contribution in [2.24, 2.45) is 0 Å². The van der Waals surface area contributed by atoms with Gasteiger partial charge in [-0.3, -0.25) is 4.79 Å². The van der Waals surface area contributed by atoms with E-state index in [1.165, 1.54) is 41.6 Å². The lowest BCUT2D eigenvalue weighted by Crippen LogP contribution is -2.24. The van der Waals surface area contributed by atoms with Gasteiger partial charge in [0.25, 0.3) is 5.91 Å². The van der Waals surface area contributed by atoms with Crippen molar-refractivity contribution >= 4 is 29.2 Å². The maximum atomic E-state index is 13.4. The molecule has 0 unspecified atom stereocenters. The number of ether oxygens (including phenoxy) is 2. The Morgan fingerprint density at radius 3 is 2.75 bits per heavy atom. The van der Waals surface area contributed by atoms with Crippen LogP contribution in [-0.2, 0) is 14.3 Å². The second kappa shape index (κ2) is 8.96. The first kappa shape index (κ1) is 19.3. The number of amides is 1. The zero-order valence-electron chi connectivity index (χ0n) is 14.3. The normalized spacial score (nSPS) is 10.4. The second-order valence-electron chi connectivity index (χ2n) is 5.43. The number of anilines is 1. The smallest absolute Gasteiger partial charge is 0.344 e.